The van der Waals surface area contributed by atoms with Crippen molar-refractivity contribution in [2.24, 2.45) is 0 Å². The van der Waals surface area contributed by atoms with Crippen LogP contribution >= 0.6 is 0 Å². The Morgan fingerprint density at radius 1 is 1.43 bits per heavy atom. The van der Waals surface area contributed by atoms with Crippen LogP contribution in [0.15, 0.2) is 18.2 Å². The van der Waals surface area contributed by atoms with Gasteiger partial charge >= 0.3 is 6.18 Å². The van der Waals surface area contributed by atoms with Gasteiger partial charge in [0.05, 0.1) is 12.5 Å². The first-order valence-electron chi connectivity index (χ1n) is 6.54. The minimum absolute atomic E-state index is 0.228. The number of nitrogens with zero attached hydrogens (tertiary/aromatic N) is 1. The molecule has 7 heteroatoms. The van der Waals surface area contributed by atoms with Crippen molar-refractivity contribution in [1.82, 2.24) is 4.90 Å². The number of nitrogens with two attached hydrogens (primary N) is 1. The Labute approximate surface area is 122 Å². The van der Waals surface area contributed by atoms with E-state index in [-0.39, 0.29) is 12.5 Å². The maximum atomic E-state index is 12.2. The van der Waals surface area contributed by atoms with Gasteiger partial charge < -0.3 is 11.1 Å². The quantitative estimate of drug-likeness (QED) is 0.822. The number of halogens is 3. The fourth-order valence-electron chi connectivity index (χ4n) is 1.72. The highest BCUT2D eigenvalue weighted by Gasteiger charge is 2.29. The SMILES string of the molecule is Cc1c(N)cccc1NC(=O)C(C)N(C)CCC(F)(F)F. The summed E-state index contributed by atoms with van der Waals surface area (Å²) in [4.78, 5) is 13.4. The predicted octanol–water partition coefficient (Wildman–Crippen LogP) is 2.79. The summed E-state index contributed by atoms with van der Waals surface area (Å²) in [5.41, 5.74) is 7.59. The third kappa shape index (κ3) is 5.26. The lowest BCUT2D eigenvalue weighted by Crippen LogP contribution is -2.41. The van der Waals surface area contributed by atoms with Crippen LogP contribution in [0.1, 0.15) is 18.9 Å². The van der Waals surface area contributed by atoms with Crippen LogP contribution in [0.2, 0.25) is 0 Å². The predicted molar refractivity (Wildman–Crippen MR) is 77.0 cm³/mol. The molecule has 0 saturated carbocycles. The van der Waals surface area contributed by atoms with Crippen molar-refractivity contribution in [3.05, 3.63) is 23.8 Å². The Kier molecular flexibility index (Phi) is 5.60. The summed E-state index contributed by atoms with van der Waals surface area (Å²) in [7, 11) is 1.49. The van der Waals surface area contributed by atoms with Gasteiger partial charge in [-0.3, -0.25) is 9.69 Å². The number of amides is 1. The van der Waals surface area contributed by atoms with Crippen molar-refractivity contribution in [2.45, 2.75) is 32.5 Å². The average Bonchev–Trinajstić information content (AvgIpc) is 2.39. The van der Waals surface area contributed by atoms with Gasteiger partial charge in [0, 0.05) is 17.9 Å². The normalized spacial score (nSPS) is 13.3. The van der Waals surface area contributed by atoms with Crippen molar-refractivity contribution >= 4 is 17.3 Å². The lowest BCUT2D eigenvalue weighted by Gasteiger charge is -2.24. The maximum Gasteiger partial charge on any atom is 0.390 e. The van der Waals surface area contributed by atoms with Gasteiger partial charge in [0.25, 0.3) is 0 Å². The van der Waals surface area contributed by atoms with E-state index in [0.717, 1.165) is 5.56 Å². The molecule has 0 bridgehead atoms. The molecule has 1 aromatic carbocycles. The number of nitrogen functional groups attached to an aromatic ring is 1. The van der Waals surface area contributed by atoms with E-state index in [1.54, 1.807) is 32.0 Å². The van der Waals surface area contributed by atoms with Crippen molar-refractivity contribution in [3.63, 3.8) is 0 Å². The molecule has 1 aromatic rings. The number of nitrogens with one attached hydrogen (secondary N) is 1. The van der Waals surface area contributed by atoms with Gasteiger partial charge in [0.2, 0.25) is 5.91 Å². The largest absolute Gasteiger partial charge is 0.398 e. The van der Waals surface area contributed by atoms with Gasteiger partial charge in [-0.15, -0.1) is 0 Å². The zero-order chi connectivity index (χ0) is 16.2. The van der Waals surface area contributed by atoms with Gasteiger partial charge in [-0.05, 0) is 38.6 Å². The van der Waals surface area contributed by atoms with Crippen LogP contribution in [0.4, 0.5) is 24.5 Å². The van der Waals surface area contributed by atoms with E-state index < -0.39 is 18.6 Å². The lowest BCUT2D eigenvalue weighted by atomic mass is 10.1. The van der Waals surface area contributed by atoms with Crippen molar-refractivity contribution < 1.29 is 18.0 Å². The number of benzene rings is 1. The number of carbonyl (C=O) groups is 1. The van der Waals surface area contributed by atoms with Crippen LogP contribution < -0.4 is 11.1 Å². The molecule has 0 aliphatic carbocycles. The minimum Gasteiger partial charge on any atom is -0.398 e. The highest BCUT2D eigenvalue weighted by Crippen LogP contribution is 2.22. The Balaban J connectivity index is 2.64. The molecule has 0 fully saturated rings. The zero-order valence-corrected chi connectivity index (χ0v) is 12.3. The maximum absolute atomic E-state index is 12.2. The van der Waals surface area contributed by atoms with E-state index in [1.165, 1.54) is 11.9 Å². The fourth-order valence-corrected chi connectivity index (χ4v) is 1.72. The fraction of sp³-hybridized carbons (Fsp3) is 0.500. The van der Waals surface area contributed by atoms with Crippen LogP contribution in [-0.2, 0) is 4.79 Å². The molecule has 4 nitrogen and oxygen atoms in total. The number of anilines is 2. The van der Waals surface area contributed by atoms with Crippen LogP contribution in [-0.4, -0.2) is 36.6 Å². The number of rotatable bonds is 5. The van der Waals surface area contributed by atoms with Crippen LogP contribution in [0.3, 0.4) is 0 Å². The molecule has 118 valence electrons. The molecule has 0 aliphatic heterocycles. The second kappa shape index (κ2) is 6.80. The first kappa shape index (κ1) is 17.3. The van der Waals surface area contributed by atoms with E-state index in [1.807, 2.05) is 0 Å². The molecule has 1 rings (SSSR count). The van der Waals surface area contributed by atoms with Gasteiger partial charge in [0.1, 0.15) is 0 Å². The summed E-state index contributed by atoms with van der Waals surface area (Å²) < 4.78 is 36.6. The van der Waals surface area contributed by atoms with E-state index in [9.17, 15) is 18.0 Å². The van der Waals surface area contributed by atoms with Crippen LogP contribution in [0.5, 0.6) is 0 Å². The summed E-state index contributed by atoms with van der Waals surface area (Å²) in [5, 5.41) is 2.69. The first-order valence-corrected chi connectivity index (χ1v) is 6.54. The molecular formula is C14H20F3N3O. The summed E-state index contributed by atoms with van der Waals surface area (Å²) in [6, 6.07) is 4.44. The molecule has 21 heavy (non-hydrogen) atoms. The van der Waals surface area contributed by atoms with Crippen molar-refractivity contribution in [3.8, 4) is 0 Å². The van der Waals surface area contributed by atoms with E-state index in [2.05, 4.69) is 5.32 Å². The third-order valence-electron chi connectivity index (χ3n) is 3.42. The van der Waals surface area contributed by atoms with E-state index in [0.29, 0.717) is 11.4 Å². The van der Waals surface area contributed by atoms with Gasteiger partial charge in [-0.2, -0.15) is 13.2 Å². The summed E-state index contributed by atoms with van der Waals surface area (Å²) in [5.74, 6) is -0.367. The van der Waals surface area contributed by atoms with Gasteiger partial charge in [0.15, 0.2) is 0 Å². The van der Waals surface area contributed by atoms with Crippen molar-refractivity contribution in [2.75, 3.05) is 24.6 Å². The summed E-state index contributed by atoms with van der Waals surface area (Å²) in [6.45, 7) is 3.10. The second-order valence-electron chi connectivity index (χ2n) is 5.03. The minimum atomic E-state index is -4.23. The molecule has 1 amide bonds. The highest BCUT2D eigenvalue weighted by atomic mass is 19.4. The molecule has 0 heterocycles. The third-order valence-corrected chi connectivity index (χ3v) is 3.42. The lowest BCUT2D eigenvalue weighted by molar-refractivity contribution is -0.140. The monoisotopic (exact) mass is 303 g/mol. The molecule has 3 N–H and O–H groups in total. The van der Waals surface area contributed by atoms with E-state index >= 15 is 0 Å². The number of hydrogen-bond acceptors (Lipinski definition) is 3. The average molecular weight is 303 g/mol. The topological polar surface area (TPSA) is 58.4 Å². The number of hydrogen-bond donors (Lipinski definition) is 2. The second-order valence-corrected chi connectivity index (χ2v) is 5.03. The Morgan fingerprint density at radius 2 is 2.05 bits per heavy atom. The highest BCUT2D eigenvalue weighted by molar-refractivity contribution is 5.95. The number of alkyl halides is 3. The Bertz CT molecular complexity index is 503. The first-order chi connectivity index (χ1) is 9.61. The molecule has 0 radical (unpaired) electrons. The number of likely N-dealkylation sites (N-methyl/N-ethyl adjacent to an activating group) is 1. The standard InChI is InChI=1S/C14H20F3N3O/c1-9-11(18)5-4-6-12(9)19-13(21)10(2)20(3)8-7-14(15,16)17/h4-6,10H,7-8,18H2,1-3H3,(H,19,21). The van der Waals surface area contributed by atoms with Gasteiger partial charge in [-0.1, -0.05) is 6.07 Å². The molecular weight excluding hydrogens is 283 g/mol. The number of carbonyl (C=O) groups excluding carboxylic acids is 1. The van der Waals surface area contributed by atoms with Crippen LogP contribution in [0.25, 0.3) is 0 Å². The molecule has 0 aromatic heterocycles. The van der Waals surface area contributed by atoms with E-state index in [4.69, 9.17) is 5.73 Å². The smallest absolute Gasteiger partial charge is 0.390 e. The molecule has 0 aliphatic rings. The van der Waals surface area contributed by atoms with Crippen LogP contribution in [0, 0.1) is 6.92 Å². The molecule has 1 unspecified atom stereocenters. The summed E-state index contributed by atoms with van der Waals surface area (Å²) in [6.07, 6.45) is -5.17. The zero-order valence-electron chi connectivity index (χ0n) is 12.3. The van der Waals surface area contributed by atoms with Crippen molar-refractivity contribution in [1.29, 1.82) is 0 Å². The molecule has 0 spiro atoms. The molecule has 1 atom stereocenters. The Morgan fingerprint density at radius 3 is 2.62 bits per heavy atom. The summed E-state index contributed by atoms with van der Waals surface area (Å²) >= 11 is 0. The molecule has 0 saturated heterocycles. The van der Waals surface area contributed by atoms with Gasteiger partial charge in [-0.25, -0.2) is 0 Å². The Hall–Kier alpha value is -1.76.